The van der Waals surface area contributed by atoms with Crippen LogP contribution in [0.4, 0.5) is 0 Å². The van der Waals surface area contributed by atoms with E-state index < -0.39 is 0 Å². The molecule has 2 heterocycles. The van der Waals surface area contributed by atoms with Crippen LogP contribution in [0.25, 0.3) is 0 Å². The van der Waals surface area contributed by atoms with Crippen LogP contribution in [0.2, 0.25) is 0 Å². The molecule has 0 aliphatic carbocycles. The average molecular weight is 237 g/mol. The van der Waals surface area contributed by atoms with Gasteiger partial charge < -0.3 is 5.32 Å². The maximum atomic E-state index is 10.9. The van der Waals surface area contributed by atoms with Crippen molar-refractivity contribution in [1.29, 1.82) is 0 Å². The van der Waals surface area contributed by atoms with Gasteiger partial charge in [0.2, 0.25) is 5.91 Å². The monoisotopic (exact) mass is 237 g/mol. The van der Waals surface area contributed by atoms with Gasteiger partial charge in [0.15, 0.2) is 5.17 Å². The average Bonchev–Trinajstić information content (AvgIpc) is 2.74. The highest BCUT2D eigenvalue weighted by atomic mass is 32.2. The van der Waals surface area contributed by atoms with Gasteiger partial charge in [0.1, 0.15) is 0 Å². The fraction of sp³-hybridized carbons (Fsp3) is 0.333. The lowest BCUT2D eigenvalue weighted by atomic mass is 10.3. The first kappa shape index (κ1) is 10.9. The molecular weight excluding hydrogens is 226 g/mol. The molecule has 84 valence electrons. The summed E-state index contributed by atoms with van der Waals surface area (Å²) in [6.07, 6.45) is 3.49. The second kappa shape index (κ2) is 4.48. The highest BCUT2D eigenvalue weighted by Gasteiger charge is 2.15. The molecule has 1 N–H and O–H groups in total. The van der Waals surface area contributed by atoms with Gasteiger partial charge in [-0.05, 0) is 6.92 Å². The second-order valence-corrected chi connectivity index (χ2v) is 4.29. The van der Waals surface area contributed by atoms with E-state index in [9.17, 15) is 4.79 Å². The van der Waals surface area contributed by atoms with Crippen LogP contribution in [-0.2, 0) is 11.8 Å². The van der Waals surface area contributed by atoms with Crippen molar-refractivity contribution in [3.8, 4) is 0 Å². The number of thioether (sulfide) groups is 1. The first-order chi connectivity index (χ1) is 7.65. The number of hydrogen-bond acceptors (Lipinski definition) is 5. The molecule has 1 aliphatic rings. The van der Waals surface area contributed by atoms with E-state index in [2.05, 4.69) is 20.6 Å². The zero-order valence-electron chi connectivity index (χ0n) is 8.97. The molecule has 6 nitrogen and oxygen atoms in total. The summed E-state index contributed by atoms with van der Waals surface area (Å²) < 4.78 is 1.72. The Labute approximate surface area is 96.8 Å². The number of hydrogen-bond donors (Lipinski definition) is 1. The number of nitrogens with one attached hydrogen (secondary N) is 1. The Balaban J connectivity index is 2.05. The van der Waals surface area contributed by atoms with Gasteiger partial charge >= 0.3 is 0 Å². The highest BCUT2D eigenvalue weighted by Crippen LogP contribution is 2.08. The minimum Gasteiger partial charge on any atom is -0.303 e. The van der Waals surface area contributed by atoms with Crippen LogP contribution in [0.15, 0.2) is 16.4 Å². The van der Waals surface area contributed by atoms with Crippen LogP contribution >= 0.6 is 11.8 Å². The number of amides is 1. The quantitative estimate of drug-likeness (QED) is 0.593. The van der Waals surface area contributed by atoms with Gasteiger partial charge in [0.25, 0.3) is 0 Å². The lowest BCUT2D eigenvalue weighted by Gasteiger charge is -1.89. The van der Waals surface area contributed by atoms with Crippen LogP contribution in [0.3, 0.4) is 0 Å². The van der Waals surface area contributed by atoms with Crippen molar-refractivity contribution in [1.82, 2.24) is 15.1 Å². The predicted molar refractivity (Wildman–Crippen MR) is 63.6 cm³/mol. The molecular formula is C9H11N5OS. The van der Waals surface area contributed by atoms with Crippen molar-refractivity contribution in [2.75, 3.05) is 5.75 Å². The molecule has 16 heavy (non-hydrogen) atoms. The molecule has 1 amide bonds. The summed E-state index contributed by atoms with van der Waals surface area (Å²) in [7, 11) is 1.85. The summed E-state index contributed by atoms with van der Waals surface area (Å²) >= 11 is 1.35. The van der Waals surface area contributed by atoms with Gasteiger partial charge in [0.05, 0.1) is 17.7 Å². The molecule has 1 aromatic rings. The third-order valence-corrected chi connectivity index (χ3v) is 2.85. The molecule has 0 radical (unpaired) electrons. The first-order valence-electron chi connectivity index (χ1n) is 4.69. The fourth-order valence-electron chi connectivity index (χ4n) is 1.27. The summed E-state index contributed by atoms with van der Waals surface area (Å²) in [4.78, 5) is 10.9. The van der Waals surface area contributed by atoms with E-state index in [0.29, 0.717) is 10.9 Å². The zero-order valence-corrected chi connectivity index (χ0v) is 9.78. The van der Waals surface area contributed by atoms with E-state index in [0.717, 1.165) is 11.3 Å². The van der Waals surface area contributed by atoms with Crippen LogP contribution in [0.1, 0.15) is 11.3 Å². The van der Waals surface area contributed by atoms with Crippen molar-refractivity contribution in [3.05, 3.63) is 17.5 Å². The van der Waals surface area contributed by atoms with Crippen LogP contribution in [0.5, 0.6) is 0 Å². The Kier molecular flexibility index (Phi) is 3.04. The predicted octanol–water partition coefficient (Wildman–Crippen LogP) is 0.281. The van der Waals surface area contributed by atoms with E-state index in [1.807, 2.05) is 20.2 Å². The van der Waals surface area contributed by atoms with E-state index in [1.54, 1.807) is 10.9 Å². The minimum atomic E-state index is -0.0310. The molecule has 0 bridgehead atoms. The third kappa shape index (κ3) is 2.48. The Bertz CT molecular complexity index is 476. The van der Waals surface area contributed by atoms with Crippen LogP contribution in [-0.4, -0.2) is 32.8 Å². The van der Waals surface area contributed by atoms with Gasteiger partial charge in [-0.25, -0.2) is 0 Å². The molecule has 7 heteroatoms. The summed E-state index contributed by atoms with van der Waals surface area (Å²) in [5.74, 6) is 0.386. The van der Waals surface area contributed by atoms with Crippen LogP contribution < -0.4 is 5.32 Å². The van der Waals surface area contributed by atoms with Crippen molar-refractivity contribution in [2.24, 2.45) is 17.3 Å². The van der Waals surface area contributed by atoms with Crippen molar-refractivity contribution in [2.45, 2.75) is 6.92 Å². The molecule has 1 fully saturated rings. The fourth-order valence-corrected chi connectivity index (χ4v) is 1.90. The third-order valence-electron chi connectivity index (χ3n) is 1.98. The molecule has 2 rings (SSSR count). The topological polar surface area (TPSA) is 71.6 Å². The molecule has 0 atom stereocenters. The summed E-state index contributed by atoms with van der Waals surface area (Å²) in [5, 5.41) is 15.1. The smallest absolute Gasteiger partial charge is 0.236 e. The van der Waals surface area contributed by atoms with Gasteiger partial charge in [-0.2, -0.15) is 10.2 Å². The lowest BCUT2D eigenvalue weighted by molar-refractivity contribution is -0.116. The highest BCUT2D eigenvalue weighted by molar-refractivity contribution is 8.15. The SMILES string of the molecule is Cc1nn(C)cc1/C=N/N=C1\NC(=O)CS1. The Hall–Kier alpha value is -1.63. The number of aromatic nitrogens is 2. The normalized spacial score (nSPS) is 18.6. The zero-order chi connectivity index (χ0) is 11.5. The first-order valence-corrected chi connectivity index (χ1v) is 5.67. The minimum absolute atomic E-state index is 0.0310. The summed E-state index contributed by atoms with van der Waals surface area (Å²) in [5.41, 5.74) is 1.82. The van der Waals surface area contributed by atoms with Gasteiger partial charge in [-0.1, -0.05) is 11.8 Å². The van der Waals surface area contributed by atoms with Crippen molar-refractivity contribution in [3.63, 3.8) is 0 Å². The van der Waals surface area contributed by atoms with Crippen molar-refractivity contribution < 1.29 is 4.79 Å². The van der Waals surface area contributed by atoms with E-state index in [-0.39, 0.29) is 5.91 Å². The molecule has 1 aromatic heterocycles. The standard InChI is InChI=1S/C9H11N5OS/c1-6-7(4-14(2)13-6)3-10-12-9-11-8(15)5-16-9/h3-4H,5H2,1-2H3,(H,11,12,15)/b10-3+. The number of amidine groups is 1. The maximum Gasteiger partial charge on any atom is 0.236 e. The molecule has 1 aliphatic heterocycles. The number of rotatable bonds is 2. The van der Waals surface area contributed by atoms with E-state index in [1.165, 1.54) is 11.8 Å². The van der Waals surface area contributed by atoms with Gasteiger partial charge in [0, 0.05) is 18.8 Å². The largest absolute Gasteiger partial charge is 0.303 e. The summed E-state index contributed by atoms with van der Waals surface area (Å²) in [6.45, 7) is 1.90. The van der Waals surface area contributed by atoms with E-state index in [4.69, 9.17) is 0 Å². The Morgan fingerprint density at radius 3 is 3.06 bits per heavy atom. The summed E-state index contributed by atoms with van der Waals surface area (Å²) in [6, 6.07) is 0. The Morgan fingerprint density at radius 1 is 1.69 bits per heavy atom. The molecule has 0 spiro atoms. The number of aryl methyl sites for hydroxylation is 2. The maximum absolute atomic E-state index is 10.9. The molecule has 0 unspecified atom stereocenters. The van der Waals surface area contributed by atoms with Crippen molar-refractivity contribution >= 4 is 29.1 Å². The molecule has 0 aromatic carbocycles. The van der Waals surface area contributed by atoms with E-state index >= 15 is 0 Å². The van der Waals surface area contributed by atoms with Crippen LogP contribution in [0, 0.1) is 6.92 Å². The van der Waals surface area contributed by atoms with Gasteiger partial charge in [-0.15, -0.1) is 5.10 Å². The lowest BCUT2D eigenvalue weighted by Crippen LogP contribution is -2.19. The molecule has 1 saturated heterocycles. The molecule has 0 saturated carbocycles. The second-order valence-electron chi connectivity index (χ2n) is 3.33. The Morgan fingerprint density at radius 2 is 2.50 bits per heavy atom. The number of nitrogens with zero attached hydrogens (tertiary/aromatic N) is 4. The van der Waals surface area contributed by atoms with Gasteiger partial charge in [-0.3, -0.25) is 9.48 Å². The number of carbonyl (C=O) groups excluding carboxylic acids is 1. The number of carbonyl (C=O) groups is 1.